The van der Waals surface area contributed by atoms with Crippen LogP contribution in [0.25, 0.3) is 0 Å². The zero-order valence-corrected chi connectivity index (χ0v) is 13.8. The summed E-state index contributed by atoms with van der Waals surface area (Å²) in [6, 6.07) is 4.19. The molecule has 0 aliphatic carbocycles. The number of para-hydroxylation sites is 1. The van der Waals surface area contributed by atoms with Crippen LogP contribution < -0.4 is 10.1 Å². The van der Waals surface area contributed by atoms with Gasteiger partial charge in [-0.3, -0.25) is 0 Å². The second-order valence-electron chi connectivity index (χ2n) is 4.51. The largest absolute Gasteiger partial charge is 0.491 e. The standard InChI is InChI=1S/C16H20FNO6/c1-21-8-5-9-24-13-7-4-6-11(17)15(13)18-12(16(20)23-3)10-14(19)22-2/h4,6-7,10,18H,5,8-9H2,1-3H3/b12-10+. The van der Waals surface area contributed by atoms with Gasteiger partial charge in [0.05, 0.1) is 26.9 Å². The van der Waals surface area contributed by atoms with E-state index in [1.807, 2.05) is 0 Å². The Labute approximate surface area is 139 Å². The van der Waals surface area contributed by atoms with Gasteiger partial charge in [0.2, 0.25) is 0 Å². The van der Waals surface area contributed by atoms with Gasteiger partial charge in [0, 0.05) is 20.1 Å². The van der Waals surface area contributed by atoms with E-state index in [1.54, 1.807) is 7.11 Å². The SMILES string of the molecule is COCCCOc1cccc(F)c1N/C(=C/C(=O)OC)C(=O)OC. The number of nitrogens with one attached hydrogen (secondary N) is 1. The Morgan fingerprint density at radius 3 is 2.54 bits per heavy atom. The van der Waals surface area contributed by atoms with Crippen molar-refractivity contribution in [1.82, 2.24) is 0 Å². The lowest BCUT2D eigenvalue weighted by Gasteiger charge is -2.15. The van der Waals surface area contributed by atoms with Crippen LogP contribution in [0.15, 0.2) is 30.0 Å². The molecule has 8 heteroatoms. The third-order valence-electron chi connectivity index (χ3n) is 2.85. The van der Waals surface area contributed by atoms with E-state index in [9.17, 15) is 14.0 Å². The number of esters is 2. The van der Waals surface area contributed by atoms with Gasteiger partial charge in [-0.25, -0.2) is 14.0 Å². The molecule has 0 radical (unpaired) electrons. The minimum absolute atomic E-state index is 0.0875. The molecule has 1 rings (SSSR count). The highest BCUT2D eigenvalue weighted by Gasteiger charge is 2.17. The van der Waals surface area contributed by atoms with Gasteiger partial charge in [-0.1, -0.05) is 6.07 Å². The topological polar surface area (TPSA) is 83.1 Å². The normalized spacial score (nSPS) is 10.9. The first kappa shape index (κ1) is 19.4. The third-order valence-corrected chi connectivity index (χ3v) is 2.85. The second kappa shape index (κ2) is 10.2. The number of ether oxygens (including phenoxy) is 4. The average Bonchev–Trinajstić information content (AvgIpc) is 2.59. The average molecular weight is 341 g/mol. The molecule has 0 unspecified atom stereocenters. The Kier molecular flexibility index (Phi) is 8.28. The molecule has 0 aromatic heterocycles. The molecule has 0 heterocycles. The number of benzene rings is 1. The Bertz CT molecular complexity index is 602. The predicted octanol–water partition coefficient (Wildman–Crippen LogP) is 1.88. The van der Waals surface area contributed by atoms with Gasteiger partial charge in [0.25, 0.3) is 0 Å². The molecule has 1 aromatic rings. The van der Waals surface area contributed by atoms with Crippen molar-refractivity contribution in [2.45, 2.75) is 6.42 Å². The summed E-state index contributed by atoms with van der Waals surface area (Å²) in [7, 11) is 3.86. The summed E-state index contributed by atoms with van der Waals surface area (Å²) in [6.45, 7) is 0.786. The number of halogens is 1. The summed E-state index contributed by atoms with van der Waals surface area (Å²) in [5, 5.41) is 2.53. The third kappa shape index (κ3) is 5.88. The first-order valence-corrected chi connectivity index (χ1v) is 7.08. The molecule has 0 aliphatic rings. The van der Waals surface area contributed by atoms with Gasteiger partial charge in [0.15, 0.2) is 0 Å². The molecule has 24 heavy (non-hydrogen) atoms. The van der Waals surface area contributed by atoms with Gasteiger partial charge in [0.1, 0.15) is 23.0 Å². The van der Waals surface area contributed by atoms with Gasteiger partial charge >= 0.3 is 11.9 Å². The molecule has 1 N–H and O–H groups in total. The second-order valence-corrected chi connectivity index (χ2v) is 4.51. The first-order chi connectivity index (χ1) is 11.5. The highest BCUT2D eigenvalue weighted by Crippen LogP contribution is 2.29. The molecule has 0 bridgehead atoms. The molecule has 0 amide bonds. The van der Waals surface area contributed by atoms with Crippen molar-refractivity contribution in [2.75, 3.05) is 39.9 Å². The minimum atomic E-state index is -0.853. The molecule has 0 saturated heterocycles. The number of carbonyl (C=O) groups excluding carboxylic acids is 2. The number of hydrogen-bond donors (Lipinski definition) is 1. The summed E-state index contributed by atoms with van der Waals surface area (Å²) >= 11 is 0. The number of hydrogen-bond acceptors (Lipinski definition) is 7. The highest BCUT2D eigenvalue weighted by molar-refractivity contribution is 5.99. The number of rotatable bonds is 9. The fourth-order valence-corrected chi connectivity index (χ4v) is 1.70. The molecular formula is C16H20FNO6. The molecule has 0 atom stereocenters. The van der Waals surface area contributed by atoms with E-state index in [-0.39, 0.29) is 17.1 Å². The smallest absolute Gasteiger partial charge is 0.354 e. The van der Waals surface area contributed by atoms with Crippen LogP contribution >= 0.6 is 0 Å². The van der Waals surface area contributed by atoms with Crippen molar-refractivity contribution in [3.05, 3.63) is 35.8 Å². The van der Waals surface area contributed by atoms with Crippen LogP contribution in [-0.2, 0) is 23.8 Å². The Hall–Kier alpha value is -2.61. The zero-order chi connectivity index (χ0) is 17.9. The maximum atomic E-state index is 14.1. The molecule has 0 saturated carbocycles. The van der Waals surface area contributed by atoms with Crippen LogP contribution in [0.4, 0.5) is 10.1 Å². The molecule has 1 aromatic carbocycles. The Morgan fingerprint density at radius 1 is 1.17 bits per heavy atom. The predicted molar refractivity (Wildman–Crippen MR) is 84.1 cm³/mol. The molecule has 0 aliphatic heterocycles. The molecular weight excluding hydrogens is 321 g/mol. The molecule has 0 fully saturated rings. The lowest BCUT2D eigenvalue weighted by atomic mass is 10.2. The van der Waals surface area contributed by atoms with Crippen molar-refractivity contribution in [3.8, 4) is 5.75 Å². The number of methoxy groups -OCH3 is 3. The van der Waals surface area contributed by atoms with E-state index in [2.05, 4.69) is 14.8 Å². The van der Waals surface area contributed by atoms with Crippen LogP contribution in [0.5, 0.6) is 5.75 Å². The van der Waals surface area contributed by atoms with Crippen LogP contribution in [0.1, 0.15) is 6.42 Å². The van der Waals surface area contributed by atoms with Crippen molar-refractivity contribution < 1.29 is 32.9 Å². The summed E-state index contributed by atoms with van der Waals surface area (Å²) in [4.78, 5) is 23.1. The van der Waals surface area contributed by atoms with Gasteiger partial charge < -0.3 is 24.3 Å². The monoisotopic (exact) mass is 341 g/mol. The van der Waals surface area contributed by atoms with E-state index in [4.69, 9.17) is 9.47 Å². The van der Waals surface area contributed by atoms with Crippen molar-refractivity contribution >= 4 is 17.6 Å². The fourth-order valence-electron chi connectivity index (χ4n) is 1.70. The quantitative estimate of drug-likeness (QED) is 0.417. The van der Waals surface area contributed by atoms with Crippen LogP contribution in [0, 0.1) is 5.82 Å². The summed E-state index contributed by atoms with van der Waals surface area (Å²) in [5.74, 6) is -2.11. The first-order valence-electron chi connectivity index (χ1n) is 7.08. The number of carbonyl (C=O) groups is 2. The van der Waals surface area contributed by atoms with E-state index >= 15 is 0 Å². The summed E-state index contributed by atoms with van der Waals surface area (Å²) in [5.41, 5.74) is -0.369. The summed E-state index contributed by atoms with van der Waals surface area (Å²) < 4.78 is 33.5. The Balaban J connectivity index is 3.03. The highest BCUT2D eigenvalue weighted by atomic mass is 19.1. The van der Waals surface area contributed by atoms with Crippen molar-refractivity contribution in [3.63, 3.8) is 0 Å². The lowest BCUT2D eigenvalue weighted by Crippen LogP contribution is -2.17. The van der Waals surface area contributed by atoms with E-state index in [0.29, 0.717) is 19.6 Å². The minimum Gasteiger partial charge on any atom is -0.491 e. The van der Waals surface area contributed by atoms with Crippen molar-refractivity contribution in [1.29, 1.82) is 0 Å². The molecule has 7 nitrogen and oxygen atoms in total. The maximum Gasteiger partial charge on any atom is 0.354 e. The van der Waals surface area contributed by atoms with E-state index < -0.39 is 17.8 Å². The zero-order valence-electron chi connectivity index (χ0n) is 13.8. The van der Waals surface area contributed by atoms with Gasteiger partial charge in [-0.15, -0.1) is 0 Å². The lowest BCUT2D eigenvalue weighted by molar-refractivity contribution is -0.138. The maximum absolute atomic E-state index is 14.1. The van der Waals surface area contributed by atoms with Crippen LogP contribution in [-0.4, -0.2) is 46.5 Å². The fraction of sp³-hybridized carbons (Fsp3) is 0.375. The summed E-state index contributed by atoms with van der Waals surface area (Å²) in [6.07, 6.45) is 1.47. The molecule has 0 spiro atoms. The van der Waals surface area contributed by atoms with E-state index in [0.717, 1.165) is 20.3 Å². The van der Waals surface area contributed by atoms with Crippen LogP contribution in [0.3, 0.4) is 0 Å². The van der Waals surface area contributed by atoms with Crippen molar-refractivity contribution in [2.24, 2.45) is 0 Å². The number of anilines is 1. The van der Waals surface area contributed by atoms with Gasteiger partial charge in [-0.05, 0) is 12.1 Å². The van der Waals surface area contributed by atoms with Gasteiger partial charge in [-0.2, -0.15) is 0 Å². The van der Waals surface area contributed by atoms with Crippen LogP contribution in [0.2, 0.25) is 0 Å². The molecule has 132 valence electrons. The van der Waals surface area contributed by atoms with E-state index in [1.165, 1.54) is 18.2 Å². The Morgan fingerprint density at radius 2 is 1.92 bits per heavy atom.